The monoisotopic (exact) mass is 438 g/mol. The molecule has 0 atom stereocenters. The van der Waals surface area contributed by atoms with Crippen LogP contribution in [0.2, 0.25) is 0 Å². The Morgan fingerprint density at radius 2 is 0.906 bits per heavy atom. The molecule has 4 bridgehead atoms. The number of rotatable bonds is 2. The van der Waals surface area contributed by atoms with Crippen LogP contribution < -0.4 is 10.0 Å². The smallest absolute Gasteiger partial charge is 0.0585 e. The quantitative estimate of drug-likeness (QED) is 0.516. The fourth-order valence-corrected chi connectivity index (χ4v) is 7.59. The molecule has 0 amide bonds. The molecule has 0 unspecified atom stereocenters. The molecule has 1 aromatic rings. The third-order valence-electron chi connectivity index (χ3n) is 8.52. The average Bonchev–Trinajstić information content (AvgIpc) is 2.72. The predicted octanol–water partition coefficient (Wildman–Crippen LogP) is 6.60. The number of aryl methyl sites for hydroxylation is 2. The third kappa shape index (κ3) is 3.57. The summed E-state index contributed by atoms with van der Waals surface area (Å²) in [5.74, 6) is 0. The molecule has 2 saturated carbocycles. The average molecular weight is 439 g/mol. The number of anilines is 2. The lowest BCUT2D eigenvalue weighted by atomic mass is 9.83. The highest BCUT2D eigenvalue weighted by Crippen LogP contribution is 2.47. The highest BCUT2D eigenvalue weighted by molar-refractivity contribution is 5.67. The molecule has 6 fully saturated rings. The van der Waals surface area contributed by atoms with Crippen LogP contribution in [0.3, 0.4) is 0 Å². The first kappa shape index (κ1) is 22.5. The molecule has 7 rings (SSSR count). The fraction of sp³-hybridized carbons (Fsp3) is 0.786. The molecule has 2 aliphatic carbocycles. The van der Waals surface area contributed by atoms with Crippen LogP contribution in [0.5, 0.6) is 0 Å². The second kappa shape index (κ2) is 7.63. The van der Waals surface area contributed by atoms with Gasteiger partial charge >= 0.3 is 0 Å². The Morgan fingerprint density at radius 3 is 1.31 bits per heavy atom. The number of hydrogen-bond acceptors (Lipinski definition) is 4. The molecule has 32 heavy (non-hydrogen) atoms. The lowest BCUT2D eigenvalue weighted by Crippen LogP contribution is -2.68. The predicted molar refractivity (Wildman–Crippen MR) is 136 cm³/mol. The van der Waals surface area contributed by atoms with Crippen LogP contribution in [0.25, 0.3) is 0 Å². The number of nitrogens with zero attached hydrogens (tertiary/aromatic N) is 4. The van der Waals surface area contributed by atoms with Crippen molar-refractivity contribution < 1.29 is 0 Å². The van der Waals surface area contributed by atoms with Gasteiger partial charge in [-0.2, -0.15) is 0 Å². The lowest BCUT2D eigenvalue weighted by molar-refractivity contribution is -0.0154. The first-order valence-electron chi connectivity index (χ1n) is 13.2. The van der Waals surface area contributed by atoms with E-state index in [1.165, 1.54) is 73.9 Å². The van der Waals surface area contributed by atoms with Crippen molar-refractivity contribution in [1.29, 1.82) is 0 Å². The molecule has 4 aliphatic heterocycles. The zero-order valence-electron chi connectivity index (χ0n) is 21.9. The van der Waals surface area contributed by atoms with Crippen molar-refractivity contribution in [3.8, 4) is 0 Å². The van der Waals surface area contributed by atoms with Crippen molar-refractivity contribution in [2.45, 2.75) is 142 Å². The van der Waals surface area contributed by atoms with E-state index in [1.807, 2.05) is 0 Å². The minimum atomic E-state index is 0.149. The molecule has 178 valence electrons. The third-order valence-corrected chi connectivity index (χ3v) is 8.52. The summed E-state index contributed by atoms with van der Waals surface area (Å²) in [4.78, 5) is 0. The Labute approximate surface area is 196 Å². The number of hydrazine groups is 2. The minimum Gasteiger partial charge on any atom is -0.302 e. The second-order valence-electron chi connectivity index (χ2n) is 13.1. The number of hydrogen-bond donors (Lipinski definition) is 0. The molecule has 0 spiro atoms. The van der Waals surface area contributed by atoms with E-state index in [9.17, 15) is 0 Å². The molecule has 0 N–H and O–H groups in total. The summed E-state index contributed by atoms with van der Waals surface area (Å²) in [6.07, 6.45) is 10.8. The molecular weight excluding hydrogens is 392 g/mol. The minimum absolute atomic E-state index is 0.149. The van der Waals surface area contributed by atoms with E-state index in [0.717, 1.165) is 0 Å². The topological polar surface area (TPSA) is 13.0 Å². The second-order valence-corrected chi connectivity index (χ2v) is 13.1. The highest BCUT2D eigenvalue weighted by Gasteiger charge is 2.47. The number of fused-ring (bicyclic) bond motifs is 6. The summed E-state index contributed by atoms with van der Waals surface area (Å²) in [5, 5.41) is 10.9. The van der Waals surface area contributed by atoms with E-state index < -0.39 is 0 Å². The van der Waals surface area contributed by atoms with Crippen LogP contribution in [0.1, 0.15) is 104 Å². The van der Waals surface area contributed by atoms with Crippen LogP contribution in [-0.2, 0) is 0 Å². The Bertz CT molecular complexity index is 824. The van der Waals surface area contributed by atoms with E-state index in [-0.39, 0.29) is 11.1 Å². The largest absolute Gasteiger partial charge is 0.302 e. The van der Waals surface area contributed by atoms with Crippen LogP contribution >= 0.6 is 0 Å². The van der Waals surface area contributed by atoms with Crippen molar-refractivity contribution in [3.63, 3.8) is 0 Å². The van der Waals surface area contributed by atoms with Crippen LogP contribution in [0, 0.1) is 13.8 Å². The van der Waals surface area contributed by atoms with E-state index in [2.05, 4.69) is 87.6 Å². The van der Waals surface area contributed by atoms with Crippen molar-refractivity contribution >= 4 is 11.4 Å². The Balaban J connectivity index is 1.55. The van der Waals surface area contributed by atoms with Gasteiger partial charge in [-0.15, -0.1) is 0 Å². The van der Waals surface area contributed by atoms with Crippen LogP contribution in [0.15, 0.2) is 12.1 Å². The zero-order valence-corrected chi connectivity index (χ0v) is 21.9. The molecule has 6 aliphatic rings. The van der Waals surface area contributed by atoms with Crippen molar-refractivity contribution in [2.75, 3.05) is 10.0 Å². The molecule has 4 heterocycles. The highest BCUT2D eigenvalue weighted by atomic mass is 15.7. The molecular formula is C28H46N4. The maximum Gasteiger partial charge on any atom is 0.0585 e. The number of benzene rings is 1. The van der Waals surface area contributed by atoms with Gasteiger partial charge in [0, 0.05) is 35.2 Å². The first-order chi connectivity index (χ1) is 15.0. The van der Waals surface area contributed by atoms with E-state index in [4.69, 9.17) is 0 Å². The SMILES string of the molecule is Cc1cc(N2C3CCC(CC3)N2C(C)(C)C)cc(C)c1N1C2CCC(CC2)N1C(C)(C)C. The summed E-state index contributed by atoms with van der Waals surface area (Å²) in [5.41, 5.74) is 6.07. The fourth-order valence-electron chi connectivity index (χ4n) is 7.59. The van der Waals surface area contributed by atoms with Crippen molar-refractivity contribution in [2.24, 2.45) is 0 Å². The normalized spacial score (nSPS) is 31.6. The van der Waals surface area contributed by atoms with Crippen LogP contribution in [0.4, 0.5) is 11.4 Å². The Morgan fingerprint density at radius 1 is 0.562 bits per heavy atom. The standard InChI is InChI=1S/C28H46N4/c1-19-17-25(29-21-9-13-23(14-10-21)31(29)27(3,4)5)18-20(2)26(19)30-22-11-15-24(16-12-22)32(30)28(6,7)8/h17-18,21-24H,9-16H2,1-8H3. The van der Waals surface area contributed by atoms with Gasteiger partial charge in [0.2, 0.25) is 0 Å². The van der Waals surface area contributed by atoms with Crippen molar-refractivity contribution in [1.82, 2.24) is 10.0 Å². The molecule has 4 saturated heterocycles. The van der Waals surface area contributed by atoms with Gasteiger partial charge in [0.05, 0.1) is 11.4 Å². The van der Waals surface area contributed by atoms with Crippen molar-refractivity contribution in [3.05, 3.63) is 23.3 Å². The van der Waals surface area contributed by atoms with Gasteiger partial charge < -0.3 is 10.0 Å². The molecule has 1 aromatic carbocycles. The van der Waals surface area contributed by atoms with E-state index in [1.54, 1.807) is 0 Å². The maximum atomic E-state index is 2.74. The van der Waals surface area contributed by atoms with Gasteiger partial charge in [-0.1, -0.05) is 0 Å². The van der Waals surface area contributed by atoms with E-state index >= 15 is 0 Å². The Kier molecular flexibility index (Phi) is 5.37. The Hall–Kier alpha value is -1.26. The molecule has 4 heteroatoms. The summed E-state index contributed by atoms with van der Waals surface area (Å²) in [6, 6.07) is 7.69. The summed E-state index contributed by atoms with van der Waals surface area (Å²) in [6.45, 7) is 19.1. The first-order valence-corrected chi connectivity index (χ1v) is 13.2. The van der Waals surface area contributed by atoms with E-state index in [0.29, 0.717) is 24.2 Å². The maximum absolute atomic E-state index is 2.74. The van der Waals surface area contributed by atoms with Gasteiger partial charge in [-0.3, -0.25) is 0 Å². The molecule has 0 aromatic heterocycles. The molecule has 4 nitrogen and oxygen atoms in total. The summed E-state index contributed by atoms with van der Waals surface area (Å²) in [7, 11) is 0. The lowest BCUT2D eigenvalue weighted by Gasteiger charge is -2.60. The van der Waals surface area contributed by atoms with Gasteiger partial charge in [0.1, 0.15) is 0 Å². The summed E-state index contributed by atoms with van der Waals surface area (Å²) < 4.78 is 0. The van der Waals surface area contributed by atoms with Gasteiger partial charge in [0.25, 0.3) is 0 Å². The molecule has 0 radical (unpaired) electrons. The van der Waals surface area contributed by atoms with Gasteiger partial charge in [-0.05, 0) is 130 Å². The van der Waals surface area contributed by atoms with Crippen LogP contribution in [-0.4, -0.2) is 45.3 Å². The summed E-state index contributed by atoms with van der Waals surface area (Å²) >= 11 is 0. The van der Waals surface area contributed by atoms with Gasteiger partial charge in [0.15, 0.2) is 0 Å². The zero-order chi connectivity index (χ0) is 23.0. The van der Waals surface area contributed by atoms with Gasteiger partial charge in [-0.25, -0.2) is 10.0 Å².